The second-order valence-electron chi connectivity index (χ2n) is 5.04. The Morgan fingerprint density at radius 3 is 2.33 bits per heavy atom. The van der Waals surface area contributed by atoms with E-state index in [0.717, 1.165) is 5.56 Å². The summed E-state index contributed by atoms with van der Waals surface area (Å²) in [6, 6.07) is 12.9. The van der Waals surface area contributed by atoms with Crippen LogP contribution in [0, 0.1) is 0 Å². The van der Waals surface area contributed by atoms with Crippen LogP contribution in [0.15, 0.2) is 48.5 Å². The molecule has 0 bridgehead atoms. The Balaban J connectivity index is 1.94. The SMILES string of the molecule is CNC(=O)c1ccc(CNCc2ccccc2OC(F)(F)F)cc1. The highest BCUT2D eigenvalue weighted by Crippen LogP contribution is 2.26. The van der Waals surface area contributed by atoms with Crippen molar-refractivity contribution in [1.29, 1.82) is 0 Å². The number of nitrogens with one attached hydrogen (secondary N) is 2. The summed E-state index contributed by atoms with van der Waals surface area (Å²) in [5.74, 6) is -0.389. The predicted octanol–water partition coefficient (Wildman–Crippen LogP) is 3.23. The normalized spacial score (nSPS) is 11.2. The first-order valence-electron chi connectivity index (χ1n) is 7.24. The first-order chi connectivity index (χ1) is 11.4. The summed E-state index contributed by atoms with van der Waals surface area (Å²) in [6.45, 7) is 0.678. The highest BCUT2D eigenvalue weighted by atomic mass is 19.4. The third-order valence-electron chi connectivity index (χ3n) is 3.29. The van der Waals surface area contributed by atoms with E-state index < -0.39 is 6.36 Å². The molecule has 0 heterocycles. The number of hydrogen-bond acceptors (Lipinski definition) is 3. The molecule has 1 amide bonds. The van der Waals surface area contributed by atoms with E-state index in [1.54, 1.807) is 43.4 Å². The lowest BCUT2D eigenvalue weighted by Gasteiger charge is -2.13. The third kappa shape index (κ3) is 5.27. The zero-order valence-electron chi connectivity index (χ0n) is 13.0. The summed E-state index contributed by atoms with van der Waals surface area (Å²) in [5.41, 5.74) is 1.87. The Bertz CT molecular complexity index is 685. The average Bonchev–Trinajstić information content (AvgIpc) is 2.55. The monoisotopic (exact) mass is 338 g/mol. The van der Waals surface area contributed by atoms with Gasteiger partial charge in [-0.1, -0.05) is 30.3 Å². The maximum absolute atomic E-state index is 12.4. The van der Waals surface area contributed by atoms with Crippen molar-refractivity contribution in [2.24, 2.45) is 0 Å². The number of alkyl halides is 3. The van der Waals surface area contributed by atoms with Crippen LogP contribution >= 0.6 is 0 Å². The van der Waals surface area contributed by atoms with Crippen LogP contribution in [0.2, 0.25) is 0 Å². The highest BCUT2D eigenvalue weighted by Gasteiger charge is 2.31. The molecule has 0 radical (unpaired) electrons. The van der Waals surface area contributed by atoms with Crippen molar-refractivity contribution >= 4 is 5.91 Å². The molecule has 0 atom stereocenters. The van der Waals surface area contributed by atoms with E-state index in [1.165, 1.54) is 12.1 Å². The van der Waals surface area contributed by atoms with Crippen LogP contribution in [0.1, 0.15) is 21.5 Å². The number of ether oxygens (including phenoxy) is 1. The van der Waals surface area contributed by atoms with E-state index in [1.807, 2.05) is 0 Å². The Labute approximate surface area is 137 Å². The standard InChI is InChI=1S/C17H17F3N2O2/c1-21-16(23)13-8-6-12(7-9-13)10-22-11-14-4-2-3-5-15(14)24-17(18,19)20/h2-9,22H,10-11H2,1H3,(H,21,23). The third-order valence-corrected chi connectivity index (χ3v) is 3.29. The molecule has 0 aliphatic rings. The molecule has 0 saturated heterocycles. The van der Waals surface area contributed by atoms with Gasteiger partial charge in [0, 0.05) is 31.3 Å². The fraction of sp³-hybridized carbons (Fsp3) is 0.235. The van der Waals surface area contributed by atoms with E-state index in [0.29, 0.717) is 17.7 Å². The van der Waals surface area contributed by atoms with Crippen LogP contribution in [0.5, 0.6) is 5.75 Å². The van der Waals surface area contributed by atoms with Crippen molar-refractivity contribution in [2.45, 2.75) is 19.5 Å². The first kappa shape index (κ1) is 17.8. The van der Waals surface area contributed by atoms with Crippen LogP contribution < -0.4 is 15.4 Å². The van der Waals surface area contributed by atoms with Crippen molar-refractivity contribution in [3.05, 3.63) is 65.2 Å². The molecule has 2 rings (SSSR count). The van der Waals surface area contributed by atoms with Gasteiger partial charge in [0.1, 0.15) is 5.75 Å². The van der Waals surface area contributed by atoms with Gasteiger partial charge in [0.25, 0.3) is 5.91 Å². The topological polar surface area (TPSA) is 50.4 Å². The quantitative estimate of drug-likeness (QED) is 0.850. The molecule has 2 aromatic rings. The Kier molecular flexibility index (Phi) is 5.81. The van der Waals surface area contributed by atoms with Crippen molar-refractivity contribution in [3.8, 4) is 5.75 Å². The minimum atomic E-state index is -4.72. The number of hydrogen-bond donors (Lipinski definition) is 2. The van der Waals surface area contributed by atoms with Crippen LogP contribution in [0.25, 0.3) is 0 Å². The number of benzene rings is 2. The fourth-order valence-electron chi connectivity index (χ4n) is 2.13. The number of para-hydroxylation sites is 1. The van der Waals surface area contributed by atoms with Gasteiger partial charge in [0.15, 0.2) is 0 Å². The fourth-order valence-corrected chi connectivity index (χ4v) is 2.13. The van der Waals surface area contributed by atoms with Gasteiger partial charge in [-0.2, -0.15) is 0 Å². The molecule has 0 saturated carbocycles. The highest BCUT2D eigenvalue weighted by molar-refractivity contribution is 5.93. The van der Waals surface area contributed by atoms with E-state index >= 15 is 0 Å². The molecule has 7 heteroatoms. The van der Waals surface area contributed by atoms with E-state index in [-0.39, 0.29) is 18.2 Å². The number of carbonyl (C=O) groups is 1. The molecule has 24 heavy (non-hydrogen) atoms. The van der Waals surface area contributed by atoms with Crippen molar-refractivity contribution < 1.29 is 22.7 Å². The zero-order valence-corrected chi connectivity index (χ0v) is 13.0. The lowest BCUT2D eigenvalue weighted by atomic mass is 10.1. The van der Waals surface area contributed by atoms with Gasteiger partial charge in [-0.25, -0.2) is 0 Å². The molecular weight excluding hydrogens is 321 g/mol. The summed E-state index contributed by atoms with van der Waals surface area (Å²) in [7, 11) is 1.55. The van der Waals surface area contributed by atoms with Gasteiger partial charge in [0.05, 0.1) is 0 Å². The Morgan fingerprint density at radius 1 is 1.04 bits per heavy atom. The second-order valence-corrected chi connectivity index (χ2v) is 5.04. The van der Waals surface area contributed by atoms with Gasteiger partial charge in [-0.3, -0.25) is 4.79 Å². The van der Waals surface area contributed by atoms with Crippen LogP contribution in [0.3, 0.4) is 0 Å². The first-order valence-corrected chi connectivity index (χ1v) is 7.24. The molecule has 0 spiro atoms. The minimum absolute atomic E-state index is 0.173. The summed E-state index contributed by atoms with van der Waals surface area (Å²) in [5, 5.41) is 5.59. The molecule has 0 aliphatic heterocycles. The van der Waals surface area contributed by atoms with Gasteiger partial charge >= 0.3 is 6.36 Å². The molecule has 0 aromatic heterocycles. The largest absolute Gasteiger partial charge is 0.573 e. The van der Waals surface area contributed by atoms with Crippen LogP contribution in [-0.4, -0.2) is 19.3 Å². The van der Waals surface area contributed by atoms with Gasteiger partial charge in [-0.05, 0) is 23.8 Å². The number of amides is 1. The van der Waals surface area contributed by atoms with Gasteiger partial charge < -0.3 is 15.4 Å². The molecule has 0 unspecified atom stereocenters. The molecule has 0 fully saturated rings. The molecule has 128 valence electrons. The number of carbonyl (C=O) groups excluding carboxylic acids is 1. The minimum Gasteiger partial charge on any atom is -0.405 e. The van der Waals surface area contributed by atoms with E-state index in [9.17, 15) is 18.0 Å². The average molecular weight is 338 g/mol. The Hall–Kier alpha value is -2.54. The zero-order chi connectivity index (χ0) is 17.6. The van der Waals surface area contributed by atoms with E-state index in [2.05, 4.69) is 15.4 Å². The van der Waals surface area contributed by atoms with Crippen molar-refractivity contribution in [1.82, 2.24) is 10.6 Å². The predicted molar refractivity (Wildman–Crippen MR) is 83.5 cm³/mol. The summed E-state index contributed by atoms with van der Waals surface area (Å²) in [4.78, 5) is 11.4. The van der Waals surface area contributed by atoms with Gasteiger partial charge in [-0.15, -0.1) is 13.2 Å². The lowest BCUT2D eigenvalue weighted by Crippen LogP contribution is -2.20. The van der Waals surface area contributed by atoms with Crippen molar-refractivity contribution in [2.75, 3.05) is 7.05 Å². The van der Waals surface area contributed by atoms with Crippen molar-refractivity contribution in [3.63, 3.8) is 0 Å². The summed E-state index contributed by atoms with van der Waals surface area (Å²) in [6.07, 6.45) is -4.72. The molecule has 4 nitrogen and oxygen atoms in total. The number of halogens is 3. The van der Waals surface area contributed by atoms with Gasteiger partial charge in [0.2, 0.25) is 0 Å². The summed E-state index contributed by atoms with van der Waals surface area (Å²) < 4.78 is 41.1. The maximum atomic E-state index is 12.4. The number of rotatable bonds is 6. The second kappa shape index (κ2) is 7.83. The van der Waals surface area contributed by atoms with Crippen LogP contribution in [-0.2, 0) is 13.1 Å². The van der Waals surface area contributed by atoms with Crippen LogP contribution in [0.4, 0.5) is 13.2 Å². The molecule has 2 N–H and O–H groups in total. The smallest absolute Gasteiger partial charge is 0.405 e. The molecule has 0 aliphatic carbocycles. The summed E-state index contributed by atoms with van der Waals surface area (Å²) >= 11 is 0. The molecule has 2 aromatic carbocycles. The van der Waals surface area contributed by atoms with E-state index in [4.69, 9.17) is 0 Å². The molecular formula is C17H17F3N2O2. The maximum Gasteiger partial charge on any atom is 0.573 e. The Morgan fingerprint density at radius 2 is 1.71 bits per heavy atom. The lowest BCUT2D eigenvalue weighted by molar-refractivity contribution is -0.274.